The summed E-state index contributed by atoms with van der Waals surface area (Å²) in [5, 5.41) is 4.04. The molecule has 0 radical (unpaired) electrons. The zero-order chi connectivity index (χ0) is 20.8. The van der Waals surface area contributed by atoms with Gasteiger partial charge in [0.1, 0.15) is 0 Å². The van der Waals surface area contributed by atoms with Gasteiger partial charge in [0.2, 0.25) is 5.91 Å². The third-order valence-electron chi connectivity index (χ3n) is 5.38. The number of nitrogens with one attached hydrogen (secondary N) is 1. The number of hydrogen-bond acceptors (Lipinski definition) is 6. The van der Waals surface area contributed by atoms with Gasteiger partial charge in [0.15, 0.2) is 5.16 Å². The van der Waals surface area contributed by atoms with Crippen molar-refractivity contribution < 1.29 is 14.3 Å². The summed E-state index contributed by atoms with van der Waals surface area (Å²) in [6, 6.07) is 7.30. The number of hydrogen-bond donors (Lipinski definition) is 1. The number of aromatic nitrogens is 2. The van der Waals surface area contributed by atoms with Crippen LogP contribution in [0.3, 0.4) is 0 Å². The highest BCUT2D eigenvalue weighted by molar-refractivity contribution is 7.99. The monoisotopic (exact) mass is 417 g/mol. The second-order valence-corrected chi connectivity index (χ2v) is 8.36. The van der Waals surface area contributed by atoms with Gasteiger partial charge in [-0.3, -0.25) is 19.0 Å². The number of thioether (sulfide) groups is 1. The second-order valence-electron chi connectivity index (χ2n) is 7.42. The van der Waals surface area contributed by atoms with Gasteiger partial charge in [-0.05, 0) is 30.9 Å². The molecule has 2 aromatic rings. The molecular formula is C21H27N3O4S. The van der Waals surface area contributed by atoms with E-state index in [0.29, 0.717) is 22.0 Å². The maximum absolute atomic E-state index is 12.9. The lowest BCUT2D eigenvalue weighted by Crippen LogP contribution is -2.42. The Bertz CT molecular complexity index is 943. The molecule has 0 bridgehead atoms. The van der Waals surface area contributed by atoms with Crippen LogP contribution in [-0.2, 0) is 20.9 Å². The minimum Gasteiger partial charge on any atom is -0.469 e. The molecule has 1 aromatic heterocycles. The first-order valence-electron chi connectivity index (χ1n) is 9.98. The number of nitrogens with zero attached hydrogens (tertiary/aromatic N) is 2. The number of benzene rings is 1. The summed E-state index contributed by atoms with van der Waals surface area (Å²) in [6.45, 7) is 2.33. The standard InChI is InChI=1S/C21H27N3O4S/c1-14-7-3-5-9-16(14)22-18(25)13-29-21-23-17-10-6-4-8-15(17)20(27)24(21)12-11-19(26)28-2/h4,6,8,10,14,16H,3,5,7,9,11-13H2,1-2H3,(H,22,25)/t14-,16+/m0/s1. The van der Waals surface area contributed by atoms with Gasteiger partial charge in [-0.2, -0.15) is 0 Å². The van der Waals surface area contributed by atoms with Crippen LogP contribution < -0.4 is 10.9 Å². The van der Waals surface area contributed by atoms with E-state index in [1.807, 2.05) is 6.07 Å². The number of esters is 1. The van der Waals surface area contributed by atoms with Gasteiger partial charge in [0.25, 0.3) is 5.56 Å². The first-order valence-corrected chi connectivity index (χ1v) is 11.0. The van der Waals surface area contributed by atoms with Crippen molar-refractivity contribution in [3.8, 4) is 0 Å². The van der Waals surface area contributed by atoms with E-state index in [-0.39, 0.29) is 36.2 Å². The number of fused-ring (bicyclic) bond motifs is 1. The molecule has 1 aliphatic carbocycles. The minimum absolute atomic E-state index is 0.0596. The van der Waals surface area contributed by atoms with E-state index in [4.69, 9.17) is 0 Å². The van der Waals surface area contributed by atoms with E-state index in [1.165, 1.54) is 29.9 Å². The third-order valence-corrected chi connectivity index (χ3v) is 6.36. The SMILES string of the molecule is COC(=O)CCn1c(SCC(=O)N[C@@H]2CCCC[C@@H]2C)nc2ccccc2c1=O. The second kappa shape index (κ2) is 9.91. The molecule has 0 aliphatic heterocycles. The maximum Gasteiger partial charge on any atom is 0.307 e. The van der Waals surface area contributed by atoms with Crippen LogP contribution in [0.25, 0.3) is 10.9 Å². The molecule has 1 saturated carbocycles. The average molecular weight is 418 g/mol. The number of methoxy groups -OCH3 is 1. The van der Waals surface area contributed by atoms with Crippen molar-refractivity contribution >= 4 is 34.5 Å². The van der Waals surface area contributed by atoms with Crippen molar-refractivity contribution in [3.63, 3.8) is 0 Å². The molecule has 29 heavy (non-hydrogen) atoms. The van der Waals surface area contributed by atoms with Crippen LogP contribution >= 0.6 is 11.8 Å². The molecule has 156 valence electrons. The molecule has 0 saturated heterocycles. The number of para-hydroxylation sites is 1. The van der Waals surface area contributed by atoms with Gasteiger partial charge in [-0.15, -0.1) is 0 Å². The Hall–Kier alpha value is -2.35. The zero-order valence-corrected chi connectivity index (χ0v) is 17.7. The molecule has 1 aromatic carbocycles. The molecule has 1 amide bonds. The van der Waals surface area contributed by atoms with Crippen LogP contribution in [0.2, 0.25) is 0 Å². The highest BCUT2D eigenvalue weighted by atomic mass is 32.2. The van der Waals surface area contributed by atoms with Crippen molar-refractivity contribution in [1.82, 2.24) is 14.9 Å². The van der Waals surface area contributed by atoms with E-state index < -0.39 is 5.97 Å². The van der Waals surface area contributed by atoms with E-state index in [2.05, 4.69) is 22.0 Å². The number of rotatable bonds is 7. The Balaban J connectivity index is 1.76. The van der Waals surface area contributed by atoms with Gasteiger partial charge >= 0.3 is 5.97 Å². The maximum atomic E-state index is 12.9. The van der Waals surface area contributed by atoms with Crippen LogP contribution in [0.5, 0.6) is 0 Å². The summed E-state index contributed by atoms with van der Waals surface area (Å²) in [5.74, 6) is 0.196. The summed E-state index contributed by atoms with van der Waals surface area (Å²) < 4.78 is 6.15. The van der Waals surface area contributed by atoms with Crippen LogP contribution in [0.15, 0.2) is 34.2 Å². The quantitative estimate of drug-likeness (QED) is 0.423. The van der Waals surface area contributed by atoms with Crippen LogP contribution in [0, 0.1) is 5.92 Å². The van der Waals surface area contributed by atoms with E-state index >= 15 is 0 Å². The molecule has 7 nitrogen and oxygen atoms in total. The van der Waals surface area contributed by atoms with Crippen LogP contribution in [0.1, 0.15) is 39.0 Å². The van der Waals surface area contributed by atoms with Gasteiger partial charge in [0.05, 0.1) is 30.2 Å². The lowest BCUT2D eigenvalue weighted by molar-refractivity contribution is -0.140. The first-order chi connectivity index (χ1) is 14.0. The molecular weight excluding hydrogens is 390 g/mol. The van der Waals surface area contributed by atoms with Gasteiger partial charge in [-0.25, -0.2) is 4.98 Å². The highest BCUT2D eigenvalue weighted by Crippen LogP contribution is 2.24. The van der Waals surface area contributed by atoms with Crippen molar-refractivity contribution in [2.24, 2.45) is 5.92 Å². The topological polar surface area (TPSA) is 90.3 Å². The van der Waals surface area contributed by atoms with Crippen molar-refractivity contribution in [3.05, 3.63) is 34.6 Å². The van der Waals surface area contributed by atoms with E-state index in [1.54, 1.807) is 18.2 Å². The molecule has 1 heterocycles. The minimum atomic E-state index is -0.398. The molecule has 1 N–H and O–H groups in total. The molecule has 2 atom stereocenters. The Morgan fingerprint density at radius 3 is 2.79 bits per heavy atom. The predicted octanol–water partition coefficient (Wildman–Crippen LogP) is 2.75. The normalized spacial score (nSPS) is 19.1. The molecule has 1 aliphatic rings. The number of carbonyl (C=O) groups is 2. The largest absolute Gasteiger partial charge is 0.469 e. The van der Waals surface area contributed by atoms with Crippen molar-refractivity contribution in [2.75, 3.05) is 12.9 Å². The molecule has 0 unspecified atom stereocenters. The molecule has 8 heteroatoms. The Labute approximate surface area is 174 Å². The van der Waals surface area contributed by atoms with Gasteiger partial charge in [-0.1, -0.05) is 43.7 Å². The number of ether oxygens (including phenoxy) is 1. The van der Waals surface area contributed by atoms with Gasteiger partial charge < -0.3 is 10.1 Å². The predicted molar refractivity (Wildman–Crippen MR) is 113 cm³/mol. The average Bonchev–Trinajstić information content (AvgIpc) is 2.73. The highest BCUT2D eigenvalue weighted by Gasteiger charge is 2.23. The van der Waals surface area contributed by atoms with Crippen molar-refractivity contribution in [1.29, 1.82) is 0 Å². The fourth-order valence-electron chi connectivity index (χ4n) is 3.67. The first kappa shape index (κ1) is 21.4. The summed E-state index contributed by atoms with van der Waals surface area (Å²) in [6.07, 6.45) is 4.57. The number of amides is 1. The summed E-state index contributed by atoms with van der Waals surface area (Å²) in [4.78, 5) is 41.5. The lowest BCUT2D eigenvalue weighted by atomic mass is 9.86. The fourth-order valence-corrected chi connectivity index (χ4v) is 4.51. The zero-order valence-electron chi connectivity index (χ0n) is 16.8. The Morgan fingerprint density at radius 2 is 2.03 bits per heavy atom. The summed E-state index contributed by atoms with van der Waals surface area (Å²) >= 11 is 1.22. The fraction of sp³-hybridized carbons (Fsp3) is 0.524. The van der Waals surface area contributed by atoms with Crippen molar-refractivity contribution in [2.45, 2.75) is 56.8 Å². The van der Waals surface area contributed by atoms with Crippen LogP contribution in [-0.4, -0.2) is 40.3 Å². The summed E-state index contributed by atoms with van der Waals surface area (Å²) in [5.41, 5.74) is 0.360. The smallest absolute Gasteiger partial charge is 0.307 e. The molecule has 1 fully saturated rings. The number of carbonyl (C=O) groups excluding carboxylic acids is 2. The van der Waals surface area contributed by atoms with E-state index in [9.17, 15) is 14.4 Å². The molecule has 0 spiro atoms. The summed E-state index contributed by atoms with van der Waals surface area (Å²) in [7, 11) is 1.32. The third kappa shape index (κ3) is 5.38. The molecule has 3 rings (SSSR count). The Morgan fingerprint density at radius 1 is 1.28 bits per heavy atom. The Kier molecular flexibility index (Phi) is 7.30. The van der Waals surface area contributed by atoms with E-state index in [0.717, 1.165) is 19.3 Å². The van der Waals surface area contributed by atoms with Gasteiger partial charge in [0, 0.05) is 12.6 Å². The van der Waals surface area contributed by atoms with Crippen LogP contribution in [0.4, 0.5) is 0 Å². The lowest BCUT2D eigenvalue weighted by Gasteiger charge is -2.29.